The average Bonchev–Trinajstić information content (AvgIpc) is 3.21. The van der Waals surface area contributed by atoms with Crippen LogP contribution in [0.15, 0.2) is 45.9 Å². The SMILES string of the molecule is O=C(c1ccco1)N1CCN(c2ccc(S(=O)(=O)C(F)(F)F)cc2[N+](=O)[O-])CC1. The Balaban J connectivity index is 1.83. The summed E-state index contributed by atoms with van der Waals surface area (Å²) in [5, 5.41) is 11.3. The Bertz CT molecular complexity index is 1030. The van der Waals surface area contributed by atoms with E-state index in [1.807, 2.05) is 0 Å². The minimum absolute atomic E-state index is 0.0266. The molecular weight excluding hydrogens is 419 g/mol. The van der Waals surface area contributed by atoms with Gasteiger partial charge in [-0.3, -0.25) is 14.9 Å². The molecule has 3 rings (SSSR count). The first-order valence-corrected chi connectivity index (χ1v) is 9.68. The van der Waals surface area contributed by atoms with Crippen LogP contribution in [0.2, 0.25) is 0 Å². The van der Waals surface area contributed by atoms with E-state index < -0.39 is 30.9 Å². The van der Waals surface area contributed by atoms with Crippen LogP contribution >= 0.6 is 0 Å². The topological polar surface area (TPSA) is 114 Å². The van der Waals surface area contributed by atoms with E-state index in [4.69, 9.17) is 4.42 Å². The van der Waals surface area contributed by atoms with Crippen molar-refractivity contribution < 1.29 is 35.7 Å². The first kappa shape index (κ1) is 20.6. The van der Waals surface area contributed by atoms with Gasteiger partial charge < -0.3 is 14.2 Å². The zero-order valence-corrected chi connectivity index (χ0v) is 15.4. The van der Waals surface area contributed by atoms with Gasteiger partial charge >= 0.3 is 5.51 Å². The molecule has 156 valence electrons. The highest BCUT2D eigenvalue weighted by atomic mass is 32.2. The van der Waals surface area contributed by atoms with Gasteiger partial charge in [0.25, 0.3) is 21.4 Å². The van der Waals surface area contributed by atoms with Crippen molar-refractivity contribution in [1.29, 1.82) is 0 Å². The van der Waals surface area contributed by atoms with Gasteiger partial charge in [0.05, 0.1) is 16.1 Å². The molecule has 9 nitrogen and oxygen atoms in total. The molecule has 0 N–H and O–H groups in total. The first-order valence-electron chi connectivity index (χ1n) is 8.20. The standard InChI is InChI=1S/C16H14F3N3O6S/c17-16(18,19)29(26,27)11-3-4-12(13(10-11)22(24)25)20-5-7-21(8-6-20)15(23)14-2-1-9-28-14/h1-4,9-10H,5-8H2. The summed E-state index contributed by atoms with van der Waals surface area (Å²) in [5.41, 5.74) is -6.36. The molecule has 0 unspecified atom stereocenters. The van der Waals surface area contributed by atoms with Gasteiger partial charge in [-0.25, -0.2) is 8.42 Å². The largest absolute Gasteiger partial charge is 0.501 e. The van der Waals surface area contributed by atoms with Crippen LogP contribution in [-0.4, -0.2) is 55.8 Å². The van der Waals surface area contributed by atoms with Crippen molar-refractivity contribution in [2.24, 2.45) is 0 Å². The summed E-state index contributed by atoms with van der Waals surface area (Å²) in [4.78, 5) is 24.5. The van der Waals surface area contributed by atoms with Crippen LogP contribution < -0.4 is 4.90 Å². The lowest BCUT2D eigenvalue weighted by Gasteiger charge is -2.35. The van der Waals surface area contributed by atoms with E-state index in [2.05, 4.69) is 0 Å². The van der Waals surface area contributed by atoms with Crippen LogP contribution in [0.5, 0.6) is 0 Å². The molecule has 1 aromatic carbocycles. The minimum atomic E-state index is -5.71. The lowest BCUT2D eigenvalue weighted by atomic mass is 10.2. The predicted octanol–water partition coefficient (Wildman–Crippen LogP) is 2.44. The molecular formula is C16H14F3N3O6S. The summed E-state index contributed by atoms with van der Waals surface area (Å²) in [5.74, 6) is -0.207. The van der Waals surface area contributed by atoms with E-state index in [-0.39, 0.29) is 43.5 Å². The molecule has 0 radical (unpaired) electrons. The van der Waals surface area contributed by atoms with Gasteiger partial charge in [0.2, 0.25) is 0 Å². The number of piperazine rings is 1. The molecule has 2 aromatic rings. The zero-order chi connectivity index (χ0) is 21.4. The Morgan fingerprint density at radius 3 is 2.31 bits per heavy atom. The summed E-state index contributed by atoms with van der Waals surface area (Å²) < 4.78 is 66.3. The third kappa shape index (κ3) is 3.90. The molecule has 1 aliphatic rings. The molecule has 0 aliphatic carbocycles. The van der Waals surface area contributed by atoms with Crippen LogP contribution in [0.4, 0.5) is 24.5 Å². The average molecular weight is 433 g/mol. The van der Waals surface area contributed by atoms with Crippen molar-refractivity contribution in [2.45, 2.75) is 10.4 Å². The number of amides is 1. The molecule has 0 saturated carbocycles. The highest BCUT2D eigenvalue weighted by Crippen LogP contribution is 2.36. The number of hydrogen-bond donors (Lipinski definition) is 0. The van der Waals surface area contributed by atoms with Gasteiger partial charge in [0.15, 0.2) is 5.76 Å². The molecule has 1 fully saturated rings. The van der Waals surface area contributed by atoms with Crippen molar-refractivity contribution in [3.63, 3.8) is 0 Å². The minimum Gasteiger partial charge on any atom is -0.459 e. The molecule has 0 atom stereocenters. The quantitative estimate of drug-likeness (QED) is 0.537. The fourth-order valence-corrected chi connectivity index (χ4v) is 3.71. The van der Waals surface area contributed by atoms with Gasteiger partial charge in [-0.05, 0) is 24.3 Å². The highest BCUT2D eigenvalue weighted by Gasteiger charge is 2.47. The lowest BCUT2D eigenvalue weighted by molar-refractivity contribution is -0.384. The second-order valence-corrected chi connectivity index (χ2v) is 8.05. The summed E-state index contributed by atoms with van der Waals surface area (Å²) in [7, 11) is -5.71. The number of nitrogens with zero attached hydrogens (tertiary/aromatic N) is 3. The van der Waals surface area contributed by atoms with E-state index in [0.29, 0.717) is 12.1 Å². The number of nitro benzene ring substituents is 1. The summed E-state index contributed by atoms with van der Waals surface area (Å²) in [6.07, 6.45) is 1.35. The zero-order valence-electron chi connectivity index (χ0n) is 14.6. The molecule has 2 heterocycles. The third-order valence-corrected chi connectivity index (χ3v) is 5.88. The van der Waals surface area contributed by atoms with Gasteiger partial charge in [-0.15, -0.1) is 0 Å². The maximum Gasteiger partial charge on any atom is 0.501 e. The molecule has 13 heteroatoms. The second-order valence-electron chi connectivity index (χ2n) is 6.11. The summed E-state index contributed by atoms with van der Waals surface area (Å²) in [6.45, 7) is 0.718. The van der Waals surface area contributed by atoms with Gasteiger partial charge in [0, 0.05) is 32.2 Å². The van der Waals surface area contributed by atoms with Gasteiger partial charge in [0.1, 0.15) is 5.69 Å². The van der Waals surface area contributed by atoms with Crippen molar-refractivity contribution in [3.05, 3.63) is 52.5 Å². The molecule has 0 spiro atoms. The fraction of sp³-hybridized carbons (Fsp3) is 0.312. The number of benzene rings is 1. The molecule has 29 heavy (non-hydrogen) atoms. The van der Waals surface area contributed by atoms with Crippen LogP contribution in [0.3, 0.4) is 0 Å². The molecule has 0 bridgehead atoms. The van der Waals surface area contributed by atoms with Crippen LogP contribution in [0.1, 0.15) is 10.6 Å². The summed E-state index contributed by atoms with van der Waals surface area (Å²) >= 11 is 0. The van der Waals surface area contributed by atoms with Crippen LogP contribution in [0, 0.1) is 10.1 Å². The Kier molecular flexibility index (Phi) is 5.26. The first-order chi connectivity index (χ1) is 13.5. The predicted molar refractivity (Wildman–Crippen MR) is 93.2 cm³/mol. The van der Waals surface area contributed by atoms with Crippen LogP contribution in [-0.2, 0) is 9.84 Å². The number of hydrogen-bond acceptors (Lipinski definition) is 7. The van der Waals surface area contributed by atoms with E-state index in [1.54, 1.807) is 6.07 Å². The monoisotopic (exact) mass is 433 g/mol. The maximum absolute atomic E-state index is 12.7. The Morgan fingerprint density at radius 1 is 1.14 bits per heavy atom. The molecule has 1 saturated heterocycles. The number of nitro groups is 1. The highest BCUT2D eigenvalue weighted by molar-refractivity contribution is 7.92. The number of sulfone groups is 1. The van der Waals surface area contributed by atoms with Crippen molar-refractivity contribution >= 4 is 27.1 Å². The number of alkyl halides is 3. The Labute approximate surface area is 162 Å². The van der Waals surface area contributed by atoms with Gasteiger partial charge in [-0.1, -0.05) is 0 Å². The smallest absolute Gasteiger partial charge is 0.459 e. The van der Waals surface area contributed by atoms with E-state index in [9.17, 15) is 36.5 Å². The van der Waals surface area contributed by atoms with E-state index in [0.717, 1.165) is 6.07 Å². The van der Waals surface area contributed by atoms with Crippen molar-refractivity contribution in [2.75, 3.05) is 31.1 Å². The van der Waals surface area contributed by atoms with Crippen LogP contribution in [0.25, 0.3) is 0 Å². The second kappa shape index (κ2) is 7.39. The number of carbonyl (C=O) groups excluding carboxylic acids is 1. The number of furan rings is 1. The van der Waals surface area contributed by atoms with E-state index >= 15 is 0 Å². The number of halogens is 3. The maximum atomic E-state index is 12.7. The van der Waals surface area contributed by atoms with Gasteiger partial charge in [-0.2, -0.15) is 13.2 Å². The number of rotatable bonds is 4. The van der Waals surface area contributed by atoms with Crippen molar-refractivity contribution in [3.8, 4) is 0 Å². The Morgan fingerprint density at radius 2 is 1.79 bits per heavy atom. The third-order valence-electron chi connectivity index (χ3n) is 4.40. The number of carbonyl (C=O) groups is 1. The van der Waals surface area contributed by atoms with E-state index in [1.165, 1.54) is 22.1 Å². The molecule has 1 aromatic heterocycles. The fourth-order valence-electron chi connectivity index (χ4n) is 2.92. The Hall–Kier alpha value is -3.09. The molecule has 1 amide bonds. The summed E-state index contributed by atoms with van der Waals surface area (Å²) in [6, 6.07) is 5.12. The number of anilines is 1. The normalized spacial score (nSPS) is 15.4. The lowest BCUT2D eigenvalue weighted by Crippen LogP contribution is -2.48. The van der Waals surface area contributed by atoms with Crippen molar-refractivity contribution in [1.82, 2.24) is 4.90 Å². The molecule has 1 aliphatic heterocycles.